The van der Waals surface area contributed by atoms with Gasteiger partial charge in [0.2, 0.25) is 6.41 Å². The summed E-state index contributed by atoms with van der Waals surface area (Å²) in [6.45, 7) is 6.73. The molecule has 3 rings (SSSR count). The number of cyclic esters (lactones) is 2. The minimum Gasteiger partial charge on any atom is -0.447 e. The molecule has 0 bridgehead atoms. The Morgan fingerprint density at radius 3 is 2.31 bits per heavy atom. The highest BCUT2D eigenvalue weighted by Crippen LogP contribution is 2.29. The molecule has 0 aliphatic carbocycles. The Morgan fingerprint density at radius 2 is 1.88 bits per heavy atom. The van der Waals surface area contributed by atoms with Crippen LogP contribution in [0.5, 0.6) is 0 Å². The quantitative estimate of drug-likeness (QED) is 0.827. The van der Waals surface area contributed by atoms with Gasteiger partial charge >= 0.3 is 12.2 Å². The van der Waals surface area contributed by atoms with Crippen molar-refractivity contribution >= 4 is 30.0 Å². The van der Waals surface area contributed by atoms with Crippen molar-refractivity contribution < 1.29 is 28.2 Å². The first-order valence-corrected chi connectivity index (χ1v) is 8.30. The number of nitrogens with one attached hydrogen (secondary N) is 1. The van der Waals surface area contributed by atoms with Crippen LogP contribution >= 0.6 is 0 Å². The summed E-state index contributed by atoms with van der Waals surface area (Å²) in [5, 5.41) is 2.25. The van der Waals surface area contributed by atoms with Crippen molar-refractivity contribution in [1.82, 2.24) is 5.32 Å². The lowest BCUT2D eigenvalue weighted by molar-refractivity contribution is -0.109. The van der Waals surface area contributed by atoms with Crippen molar-refractivity contribution in [2.24, 2.45) is 0 Å². The lowest BCUT2D eigenvalue weighted by Gasteiger charge is -2.17. The molecule has 9 heteroatoms. The molecular weight excluding hydrogens is 345 g/mol. The van der Waals surface area contributed by atoms with Crippen molar-refractivity contribution in [3.63, 3.8) is 0 Å². The second-order valence-corrected chi connectivity index (χ2v) is 5.11. The summed E-state index contributed by atoms with van der Waals surface area (Å²) in [5.74, 6) is -0.576. The van der Waals surface area contributed by atoms with Gasteiger partial charge in [-0.05, 0) is 25.1 Å². The number of nitrogens with zero attached hydrogens (tertiary/aromatic N) is 2. The van der Waals surface area contributed by atoms with Gasteiger partial charge in [-0.1, -0.05) is 13.8 Å². The third-order valence-electron chi connectivity index (χ3n) is 3.37. The Hall–Kier alpha value is -2.84. The van der Waals surface area contributed by atoms with E-state index in [1.54, 1.807) is 20.0 Å². The molecule has 1 atom stereocenters. The van der Waals surface area contributed by atoms with E-state index in [2.05, 4.69) is 5.32 Å². The van der Waals surface area contributed by atoms with Gasteiger partial charge in [0, 0.05) is 7.05 Å². The predicted octanol–water partition coefficient (Wildman–Crippen LogP) is 2.52. The molecule has 2 saturated heterocycles. The number of benzene rings is 1. The number of carbonyl (C=O) groups is 3. The van der Waals surface area contributed by atoms with Crippen molar-refractivity contribution in [3.05, 3.63) is 24.0 Å². The second kappa shape index (κ2) is 10.2. The molecule has 2 heterocycles. The first-order chi connectivity index (χ1) is 12.5. The molecule has 0 spiro atoms. The van der Waals surface area contributed by atoms with E-state index in [-0.39, 0.29) is 18.4 Å². The molecule has 8 nitrogen and oxygen atoms in total. The molecule has 2 fully saturated rings. The summed E-state index contributed by atoms with van der Waals surface area (Å²) in [7, 11) is 1.56. The van der Waals surface area contributed by atoms with E-state index in [4.69, 9.17) is 14.3 Å². The number of hydrogen-bond donors (Lipinski definition) is 1. The minimum atomic E-state index is -0.576. The molecule has 0 saturated carbocycles. The molecule has 2 aliphatic rings. The van der Waals surface area contributed by atoms with Crippen LogP contribution in [0.2, 0.25) is 0 Å². The normalized spacial score (nSPS) is 18.1. The molecule has 3 amide bonds. The molecule has 1 N–H and O–H groups in total. The van der Waals surface area contributed by atoms with Gasteiger partial charge in [-0.3, -0.25) is 14.6 Å². The van der Waals surface area contributed by atoms with E-state index >= 15 is 0 Å². The van der Waals surface area contributed by atoms with E-state index in [0.29, 0.717) is 25.2 Å². The fraction of sp³-hybridized carbons (Fsp3) is 0.471. The lowest BCUT2D eigenvalue weighted by atomic mass is 10.2. The van der Waals surface area contributed by atoms with Crippen LogP contribution in [0.3, 0.4) is 0 Å². The van der Waals surface area contributed by atoms with Gasteiger partial charge in [-0.15, -0.1) is 0 Å². The Bertz CT molecular complexity index is 641. The largest absolute Gasteiger partial charge is 0.447 e. The molecule has 1 aromatic carbocycles. The Labute approximate surface area is 151 Å². The molecule has 0 aromatic heterocycles. The minimum absolute atomic E-state index is 0.149. The number of rotatable bonds is 3. The third-order valence-corrected chi connectivity index (χ3v) is 3.37. The van der Waals surface area contributed by atoms with Crippen LogP contribution in [-0.4, -0.2) is 51.4 Å². The third kappa shape index (κ3) is 5.08. The zero-order valence-corrected chi connectivity index (χ0v) is 15.3. The van der Waals surface area contributed by atoms with Crippen molar-refractivity contribution in [3.8, 4) is 0 Å². The maximum atomic E-state index is 14.2. The van der Waals surface area contributed by atoms with E-state index in [1.165, 1.54) is 21.9 Å². The van der Waals surface area contributed by atoms with Gasteiger partial charge in [0.25, 0.3) is 0 Å². The van der Waals surface area contributed by atoms with Crippen LogP contribution in [0.1, 0.15) is 20.8 Å². The molecule has 2 aliphatic heterocycles. The second-order valence-electron chi connectivity index (χ2n) is 5.11. The first kappa shape index (κ1) is 21.2. The number of amides is 3. The van der Waals surface area contributed by atoms with Crippen LogP contribution < -0.4 is 15.1 Å². The van der Waals surface area contributed by atoms with Crippen LogP contribution in [0, 0.1) is 5.82 Å². The number of anilines is 2. The van der Waals surface area contributed by atoms with Gasteiger partial charge in [-0.2, -0.15) is 0 Å². The Morgan fingerprint density at radius 1 is 1.23 bits per heavy atom. The van der Waals surface area contributed by atoms with Crippen molar-refractivity contribution in [2.75, 3.05) is 36.5 Å². The Kier molecular flexibility index (Phi) is 8.33. The summed E-state index contributed by atoms with van der Waals surface area (Å²) in [6, 6.07) is 4.27. The van der Waals surface area contributed by atoms with Crippen LogP contribution in [0.15, 0.2) is 18.2 Å². The van der Waals surface area contributed by atoms with E-state index < -0.39 is 18.0 Å². The van der Waals surface area contributed by atoms with Crippen LogP contribution in [0.25, 0.3) is 0 Å². The van der Waals surface area contributed by atoms with Crippen LogP contribution in [-0.2, 0) is 14.3 Å². The van der Waals surface area contributed by atoms with E-state index in [9.17, 15) is 14.0 Å². The van der Waals surface area contributed by atoms with Crippen molar-refractivity contribution in [2.45, 2.75) is 26.9 Å². The smallest absolute Gasteiger partial charge is 0.414 e. The van der Waals surface area contributed by atoms with Crippen molar-refractivity contribution in [1.29, 1.82) is 0 Å². The maximum absolute atomic E-state index is 14.2. The van der Waals surface area contributed by atoms with E-state index in [0.717, 1.165) is 0 Å². The van der Waals surface area contributed by atoms with Gasteiger partial charge in [0.15, 0.2) is 0 Å². The topological polar surface area (TPSA) is 88.2 Å². The highest BCUT2D eigenvalue weighted by Gasteiger charge is 2.32. The number of hydrogen-bond acceptors (Lipinski definition) is 5. The molecule has 144 valence electrons. The van der Waals surface area contributed by atoms with E-state index in [1.807, 2.05) is 13.8 Å². The zero-order chi connectivity index (χ0) is 19.7. The Balaban J connectivity index is 0.000000500. The summed E-state index contributed by atoms with van der Waals surface area (Å²) in [4.78, 5) is 34.7. The molecule has 0 radical (unpaired) electrons. The molecule has 1 unspecified atom stereocenters. The number of carbonyl (C=O) groups excluding carboxylic acids is 3. The summed E-state index contributed by atoms with van der Waals surface area (Å²) >= 11 is 0. The van der Waals surface area contributed by atoms with Gasteiger partial charge in [-0.25, -0.2) is 14.0 Å². The van der Waals surface area contributed by atoms with Gasteiger partial charge < -0.3 is 14.8 Å². The van der Waals surface area contributed by atoms with Crippen LogP contribution in [0.4, 0.5) is 25.4 Å². The summed E-state index contributed by atoms with van der Waals surface area (Å²) in [6.07, 6.45) is -0.703. The number of halogens is 1. The first-order valence-electron chi connectivity index (χ1n) is 8.30. The highest BCUT2D eigenvalue weighted by molar-refractivity contribution is 5.92. The highest BCUT2D eigenvalue weighted by atomic mass is 19.1. The summed E-state index contributed by atoms with van der Waals surface area (Å²) in [5.41, 5.74) is 0.560. The molecular formula is C17H24FN3O5. The fourth-order valence-electron chi connectivity index (χ4n) is 2.31. The maximum Gasteiger partial charge on any atom is 0.414 e. The SMILES string of the molecule is CC.CC1CN(c2ccc(N3CCOC3=O)cc2F)C(=O)O1.CNC=O. The number of ether oxygens (including phenoxy) is 2. The summed E-state index contributed by atoms with van der Waals surface area (Å²) < 4.78 is 23.9. The van der Waals surface area contributed by atoms with Gasteiger partial charge in [0.1, 0.15) is 18.5 Å². The van der Waals surface area contributed by atoms with Gasteiger partial charge in [0.05, 0.1) is 24.5 Å². The predicted molar refractivity (Wildman–Crippen MR) is 94.9 cm³/mol. The monoisotopic (exact) mass is 369 g/mol. The lowest BCUT2D eigenvalue weighted by Crippen LogP contribution is -2.26. The fourth-order valence-corrected chi connectivity index (χ4v) is 2.31. The molecule has 1 aromatic rings. The standard InChI is InChI=1S/C13H13FN2O4.C2H5NO.C2H6/c1-8-7-16(13(18)20-8)11-3-2-9(6-10(11)14)15-4-5-19-12(15)17;1-3-2-4;1-2/h2-3,6,8H,4-5,7H2,1H3;2H,1H3,(H,3,4);1-2H3. The average molecular weight is 369 g/mol. The average Bonchev–Trinajstić information content (AvgIpc) is 3.21. The molecule has 26 heavy (non-hydrogen) atoms. The zero-order valence-electron chi connectivity index (χ0n) is 15.3.